The lowest BCUT2D eigenvalue weighted by molar-refractivity contribution is 0.0391. The number of halogens is 2. The van der Waals surface area contributed by atoms with Gasteiger partial charge in [-0.05, 0) is 85.6 Å². The van der Waals surface area contributed by atoms with E-state index in [0.29, 0.717) is 54.4 Å². The first kappa shape index (κ1) is 30.9. The molecule has 10 heteroatoms. The Morgan fingerprint density at radius 2 is 1.23 bits per heavy atom. The van der Waals surface area contributed by atoms with Crippen molar-refractivity contribution in [1.82, 2.24) is 9.38 Å². The molecule has 236 valence electrons. The summed E-state index contributed by atoms with van der Waals surface area (Å²) in [7, 11) is 0. The number of imidazole rings is 1. The molecule has 0 saturated heterocycles. The molecule has 0 bridgehead atoms. The van der Waals surface area contributed by atoms with Gasteiger partial charge < -0.3 is 16.2 Å². The quantitative estimate of drug-likeness (QED) is 0.0938. The van der Waals surface area contributed by atoms with Crippen molar-refractivity contribution < 1.29 is 14.3 Å². The molecule has 1 aliphatic heterocycles. The summed E-state index contributed by atoms with van der Waals surface area (Å²) < 4.78 is 6.33. The van der Waals surface area contributed by atoms with Crippen LogP contribution in [0.15, 0.2) is 102 Å². The Hall–Kier alpha value is -5.70. The van der Waals surface area contributed by atoms with Crippen molar-refractivity contribution >= 4 is 95.5 Å². The molecule has 0 radical (unpaired) electrons. The number of carbonyl (C=O) groups excluding carboxylic acids is 2. The third-order valence-electron chi connectivity index (χ3n) is 8.33. The van der Waals surface area contributed by atoms with Gasteiger partial charge in [0.15, 0.2) is 0 Å². The van der Waals surface area contributed by atoms with Gasteiger partial charge in [0.05, 0.1) is 33.5 Å². The van der Waals surface area contributed by atoms with E-state index in [-0.39, 0.29) is 5.56 Å². The smallest absolute Gasteiger partial charge is 0.346 e. The van der Waals surface area contributed by atoms with Gasteiger partial charge in [-0.2, -0.15) is 0 Å². The fraction of sp³-hybridized carbons (Fsp3) is 0.0526. The summed E-state index contributed by atoms with van der Waals surface area (Å²) >= 11 is 12.3. The predicted octanol–water partition coefficient (Wildman–Crippen LogP) is 8.52. The molecule has 0 atom stereocenters. The minimum absolute atomic E-state index is 0.0493. The normalized spacial score (nSPS) is 12.2. The maximum atomic E-state index is 13.0. The maximum absolute atomic E-state index is 13.0. The molecule has 2 aromatic heterocycles. The highest BCUT2D eigenvalue weighted by atomic mass is 35.5. The average Bonchev–Trinajstić information content (AvgIpc) is 3.45. The van der Waals surface area contributed by atoms with Crippen molar-refractivity contribution in [2.24, 2.45) is 0 Å². The SMILES string of the molecule is Cc1ccc(N)c(N)c1.Cc1ccc2c(c1)nc1c3ccc(Cl)c4cccc(c(=O)n21)c43.O=C1OC(=O)c2ccc(Cl)c3cccc1c23. The number of anilines is 2. The Morgan fingerprint density at radius 1 is 0.625 bits per heavy atom. The molecule has 8 aromatic rings. The molecule has 0 amide bonds. The summed E-state index contributed by atoms with van der Waals surface area (Å²) in [6.45, 7) is 4.00. The van der Waals surface area contributed by atoms with E-state index in [4.69, 9.17) is 39.7 Å². The van der Waals surface area contributed by atoms with Crippen molar-refractivity contribution in [3.8, 4) is 0 Å². The number of nitrogens with two attached hydrogens (primary N) is 2. The van der Waals surface area contributed by atoms with Crippen LogP contribution < -0.4 is 17.0 Å². The van der Waals surface area contributed by atoms with Gasteiger partial charge in [0.2, 0.25) is 0 Å². The van der Waals surface area contributed by atoms with Crippen LogP contribution in [-0.2, 0) is 4.74 Å². The number of nitrogen functional groups attached to an aromatic ring is 2. The molecule has 48 heavy (non-hydrogen) atoms. The van der Waals surface area contributed by atoms with Crippen LogP contribution in [0.5, 0.6) is 0 Å². The third kappa shape index (κ3) is 5.12. The van der Waals surface area contributed by atoms with Gasteiger partial charge in [-0.25, -0.2) is 14.6 Å². The molecule has 8 nitrogen and oxygen atoms in total. The molecule has 0 spiro atoms. The highest BCUT2D eigenvalue weighted by molar-refractivity contribution is 6.38. The van der Waals surface area contributed by atoms with Crippen LogP contribution in [0.3, 0.4) is 0 Å². The number of nitrogens with zero attached hydrogens (tertiary/aromatic N) is 2. The molecule has 0 saturated carbocycles. The second-order valence-electron chi connectivity index (χ2n) is 11.5. The standard InChI is InChI=1S/C19H11ClN2O.C12H5ClO3.C7H10N2/c1-10-5-8-16-15(9-10)21-18-12-6-7-14(20)11-3-2-4-13(17(11)12)19(23)22(16)18;13-9-5-4-8-10-6(9)2-1-3-7(10)11(14)16-12(8)15;1-5-2-3-6(8)7(9)4-5/h2-9H,1H3;1-5H;2-4H,8-9H2,1H3. The monoisotopic (exact) mass is 672 g/mol. The summed E-state index contributed by atoms with van der Waals surface area (Å²) in [6.07, 6.45) is 0. The van der Waals surface area contributed by atoms with Crippen molar-refractivity contribution in [3.63, 3.8) is 0 Å². The summed E-state index contributed by atoms with van der Waals surface area (Å²) in [5.41, 5.74) is 17.6. The summed E-state index contributed by atoms with van der Waals surface area (Å²) in [4.78, 5) is 40.8. The predicted molar refractivity (Wildman–Crippen MR) is 194 cm³/mol. The Balaban J connectivity index is 0.000000126. The molecule has 3 heterocycles. The van der Waals surface area contributed by atoms with Gasteiger partial charge in [-0.15, -0.1) is 0 Å². The van der Waals surface area contributed by atoms with E-state index >= 15 is 0 Å². The Morgan fingerprint density at radius 3 is 1.94 bits per heavy atom. The van der Waals surface area contributed by atoms with Gasteiger partial charge >= 0.3 is 11.9 Å². The van der Waals surface area contributed by atoms with Gasteiger partial charge in [-0.3, -0.25) is 9.20 Å². The van der Waals surface area contributed by atoms with Crippen LogP contribution in [0.25, 0.3) is 49.0 Å². The minimum Gasteiger partial charge on any atom is -0.397 e. The lowest BCUT2D eigenvalue weighted by Crippen LogP contribution is -2.19. The van der Waals surface area contributed by atoms with Crippen molar-refractivity contribution in [2.75, 3.05) is 11.5 Å². The number of esters is 2. The Kier molecular flexibility index (Phi) is 7.62. The number of hydrogen-bond donors (Lipinski definition) is 2. The first-order valence-electron chi connectivity index (χ1n) is 14.9. The van der Waals surface area contributed by atoms with E-state index in [1.165, 1.54) is 0 Å². The van der Waals surface area contributed by atoms with Crippen LogP contribution in [-0.4, -0.2) is 21.3 Å². The summed E-state index contributed by atoms with van der Waals surface area (Å²) in [5.74, 6) is -1.24. The third-order valence-corrected chi connectivity index (χ3v) is 8.99. The van der Waals surface area contributed by atoms with Crippen molar-refractivity contribution in [3.05, 3.63) is 140 Å². The van der Waals surface area contributed by atoms with E-state index in [0.717, 1.165) is 38.3 Å². The topological polar surface area (TPSA) is 130 Å². The molecule has 6 aromatic carbocycles. The van der Waals surface area contributed by atoms with Gasteiger partial charge in [0, 0.05) is 42.4 Å². The number of fused-ring (bicyclic) bond motifs is 4. The van der Waals surface area contributed by atoms with Crippen LogP contribution in [0.1, 0.15) is 31.8 Å². The molecular formula is C38H26Cl2N4O4. The number of hydrogen-bond acceptors (Lipinski definition) is 7. The average molecular weight is 674 g/mol. The zero-order valence-corrected chi connectivity index (χ0v) is 27.2. The second-order valence-corrected chi connectivity index (χ2v) is 12.3. The highest BCUT2D eigenvalue weighted by Crippen LogP contribution is 2.34. The molecule has 0 unspecified atom stereocenters. The minimum atomic E-state index is -0.620. The van der Waals surface area contributed by atoms with E-state index in [1.807, 2.05) is 80.6 Å². The number of pyridine rings is 1. The molecule has 0 aliphatic carbocycles. The lowest BCUT2D eigenvalue weighted by atomic mass is 9.97. The zero-order chi connectivity index (χ0) is 33.9. The first-order valence-corrected chi connectivity index (χ1v) is 15.6. The highest BCUT2D eigenvalue weighted by Gasteiger charge is 2.27. The Bertz CT molecular complexity index is 2670. The summed E-state index contributed by atoms with van der Waals surface area (Å²) in [5, 5.41) is 5.86. The fourth-order valence-corrected chi connectivity index (χ4v) is 6.47. The Labute approximate surface area is 283 Å². The number of aromatic nitrogens is 2. The van der Waals surface area contributed by atoms with Crippen molar-refractivity contribution in [2.45, 2.75) is 13.8 Å². The first-order chi connectivity index (χ1) is 23.0. The summed E-state index contributed by atoms with van der Waals surface area (Å²) in [6, 6.07) is 29.4. The maximum Gasteiger partial charge on any atom is 0.346 e. The van der Waals surface area contributed by atoms with Crippen LogP contribution in [0.2, 0.25) is 10.0 Å². The molecule has 4 N–H and O–H groups in total. The number of benzene rings is 6. The molecule has 9 rings (SSSR count). The number of ether oxygens (including phenoxy) is 1. The zero-order valence-electron chi connectivity index (χ0n) is 25.7. The number of rotatable bonds is 0. The van der Waals surface area contributed by atoms with E-state index in [1.54, 1.807) is 34.7 Å². The van der Waals surface area contributed by atoms with Crippen LogP contribution >= 0.6 is 23.2 Å². The number of carbonyl (C=O) groups is 2. The van der Waals surface area contributed by atoms with Crippen LogP contribution in [0, 0.1) is 13.8 Å². The van der Waals surface area contributed by atoms with E-state index < -0.39 is 11.9 Å². The number of cyclic esters (lactones) is 2. The largest absolute Gasteiger partial charge is 0.397 e. The van der Waals surface area contributed by atoms with Crippen LogP contribution in [0.4, 0.5) is 11.4 Å². The molecule has 0 fully saturated rings. The van der Waals surface area contributed by atoms with E-state index in [9.17, 15) is 14.4 Å². The molecule has 1 aliphatic rings. The second kappa shape index (κ2) is 11.8. The van der Waals surface area contributed by atoms with Gasteiger partial charge in [-0.1, -0.05) is 59.6 Å². The van der Waals surface area contributed by atoms with Gasteiger partial charge in [0.25, 0.3) is 5.56 Å². The fourth-order valence-electron chi connectivity index (χ4n) is 6.03. The molecular weight excluding hydrogens is 647 g/mol. The van der Waals surface area contributed by atoms with Gasteiger partial charge in [0.1, 0.15) is 5.65 Å². The van der Waals surface area contributed by atoms with E-state index in [2.05, 4.69) is 4.74 Å². The van der Waals surface area contributed by atoms with Crippen molar-refractivity contribution in [1.29, 1.82) is 0 Å². The lowest BCUT2D eigenvalue weighted by Gasteiger charge is -2.15. The number of aryl methyl sites for hydroxylation is 2.